The van der Waals surface area contributed by atoms with E-state index in [1.807, 2.05) is 18.6 Å². The molecule has 0 aromatic carbocycles. The molecule has 96 valence electrons. The lowest BCUT2D eigenvalue weighted by Crippen LogP contribution is -2.04. The summed E-state index contributed by atoms with van der Waals surface area (Å²) in [6, 6.07) is 0. The van der Waals surface area contributed by atoms with Gasteiger partial charge in [0.25, 0.3) is 0 Å². The van der Waals surface area contributed by atoms with Crippen LogP contribution in [0.4, 0.5) is 0 Å². The maximum absolute atomic E-state index is 11.2. The summed E-state index contributed by atoms with van der Waals surface area (Å²) < 4.78 is 6.41. The molecular weight excluding hydrogens is 250 g/mol. The molecule has 0 bridgehead atoms. The highest BCUT2D eigenvalue weighted by atomic mass is 32.1. The van der Waals surface area contributed by atoms with E-state index in [4.69, 9.17) is 0 Å². The van der Waals surface area contributed by atoms with E-state index in [0.717, 1.165) is 28.4 Å². The SMILES string of the molecule is CCc1nn(C)cc1-c1nc(CC(=O)OC)cs1. The molecule has 2 aromatic rings. The standard InChI is InChI=1S/C12H15N3O2S/c1-4-10-9(6-15(2)14-10)12-13-8(7-18-12)5-11(16)17-3/h6-7H,4-5H2,1-3H3. The Kier molecular flexibility index (Phi) is 3.76. The summed E-state index contributed by atoms with van der Waals surface area (Å²) >= 11 is 1.53. The number of hydrogen-bond donors (Lipinski definition) is 0. The zero-order valence-electron chi connectivity index (χ0n) is 10.6. The molecule has 2 aromatic heterocycles. The molecule has 0 atom stereocenters. The summed E-state index contributed by atoms with van der Waals surface area (Å²) in [5.74, 6) is -0.270. The maximum Gasteiger partial charge on any atom is 0.311 e. The van der Waals surface area contributed by atoms with Crippen LogP contribution in [-0.2, 0) is 29.4 Å². The van der Waals surface area contributed by atoms with Crippen LogP contribution >= 0.6 is 11.3 Å². The van der Waals surface area contributed by atoms with E-state index >= 15 is 0 Å². The molecule has 0 fully saturated rings. The van der Waals surface area contributed by atoms with Crippen LogP contribution in [0.15, 0.2) is 11.6 Å². The monoisotopic (exact) mass is 265 g/mol. The van der Waals surface area contributed by atoms with Crippen LogP contribution in [0.25, 0.3) is 10.6 Å². The second kappa shape index (κ2) is 5.30. The molecule has 0 aliphatic carbocycles. The zero-order chi connectivity index (χ0) is 13.1. The minimum atomic E-state index is -0.270. The zero-order valence-corrected chi connectivity index (χ0v) is 11.5. The molecule has 0 amide bonds. The van der Waals surface area contributed by atoms with Gasteiger partial charge in [0.2, 0.25) is 0 Å². The summed E-state index contributed by atoms with van der Waals surface area (Å²) in [6.45, 7) is 2.06. The quantitative estimate of drug-likeness (QED) is 0.791. The van der Waals surface area contributed by atoms with Crippen molar-refractivity contribution >= 4 is 17.3 Å². The van der Waals surface area contributed by atoms with Crippen molar-refractivity contribution in [3.63, 3.8) is 0 Å². The number of ether oxygens (including phenoxy) is 1. The number of esters is 1. The molecule has 0 saturated carbocycles. The first kappa shape index (κ1) is 12.8. The second-order valence-electron chi connectivity index (χ2n) is 3.91. The first-order valence-electron chi connectivity index (χ1n) is 5.68. The molecular formula is C12H15N3O2S. The first-order chi connectivity index (χ1) is 8.63. The van der Waals surface area contributed by atoms with Gasteiger partial charge < -0.3 is 4.74 Å². The number of carbonyl (C=O) groups excluding carboxylic acids is 1. The highest BCUT2D eigenvalue weighted by Gasteiger charge is 2.13. The molecule has 2 heterocycles. The summed E-state index contributed by atoms with van der Waals surface area (Å²) in [5, 5.41) is 7.17. The number of carbonyl (C=O) groups is 1. The fourth-order valence-electron chi connectivity index (χ4n) is 1.71. The molecule has 6 heteroatoms. The summed E-state index contributed by atoms with van der Waals surface area (Å²) in [6.07, 6.45) is 3.04. The van der Waals surface area contributed by atoms with Gasteiger partial charge in [-0.15, -0.1) is 11.3 Å². The fourth-order valence-corrected chi connectivity index (χ4v) is 2.56. The average molecular weight is 265 g/mol. The lowest BCUT2D eigenvalue weighted by molar-refractivity contribution is -0.139. The number of nitrogens with zero attached hydrogens (tertiary/aromatic N) is 3. The molecule has 5 nitrogen and oxygen atoms in total. The third kappa shape index (κ3) is 2.59. The topological polar surface area (TPSA) is 57.0 Å². The van der Waals surface area contributed by atoms with Gasteiger partial charge in [-0.3, -0.25) is 9.48 Å². The molecule has 18 heavy (non-hydrogen) atoms. The molecule has 0 aliphatic heterocycles. The van der Waals surface area contributed by atoms with Crippen LogP contribution in [0.1, 0.15) is 18.3 Å². The van der Waals surface area contributed by atoms with E-state index < -0.39 is 0 Å². The van der Waals surface area contributed by atoms with Crippen molar-refractivity contribution in [2.45, 2.75) is 19.8 Å². The molecule has 0 N–H and O–H groups in total. The van der Waals surface area contributed by atoms with E-state index in [1.165, 1.54) is 18.4 Å². The van der Waals surface area contributed by atoms with Crippen LogP contribution in [0, 0.1) is 0 Å². The largest absolute Gasteiger partial charge is 0.469 e. The smallest absolute Gasteiger partial charge is 0.311 e. The van der Waals surface area contributed by atoms with Crippen LogP contribution in [-0.4, -0.2) is 27.8 Å². The van der Waals surface area contributed by atoms with Crippen LogP contribution < -0.4 is 0 Å². The first-order valence-corrected chi connectivity index (χ1v) is 6.56. The summed E-state index contributed by atoms with van der Waals surface area (Å²) in [7, 11) is 3.28. The van der Waals surface area contributed by atoms with Crippen molar-refractivity contribution < 1.29 is 9.53 Å². The van der Waals surface area contributed by atoms with Crippen LogP contribution in [0.3, 0.4) is 0 Å². The summed E-state index contributed by atoms with van der Waals surface area (Å²) in [4.78, 5) is 15.6. The van der Waals surface area contributed by atoms with Crippen molar-refractivity contribution in [1.29, 1.82) is 0 Å². The Morgan fingerprint density at radius 2 is 2.33 bits per heavy atom. The molecule has 0 unspecified atom stereocenters. The van der Waals surface area contributed by atoms with Crippen molar-refractivity contribution in [2.24, 2.45) is 7.05 Å². The maximum atomic E-state index is 11.2. The molecule has 0 spiro atoms. The van der Waals surface area contributed by atoms with Gasteiger partial charge >= 0.3 is 5.97 Å². The minimum Gasteiger partial charge on any atom is -0.469 e. The Morgan fingerprint density at radius 3 is 3.00 bits per heavy atom. The molecule has 0 aliphatic rings. The van der Waals surface area contributed by atoms with Crippen molar-refractivity contribution in [1.82, 2.24) is 14.8 Å². The summed E-state index contributed by atoms with van der Waals surface area (Å²) in [5.41, 5.74) is 2.81. The van der Waals surface area contributed by atoms with E-state index in [2.05, 4.69) is 21.7 Å². The van der Waals surface area contributed by atoms with Crippen molar-refractivity contribution in [3.8, 4) is 10.6 Å². The third-order valence-corrected chi connectivity index (χ3v) is 3.50. The van der Waals surface area contributed by atoms with E-state index in [0.29, 0.717) is 0 Å². The van der Waals surface area contributed by atoms with E-state index in [1.54, 1.807) is 4.68 Å². The van der Waals surface area contributed by atoms with Gasteiger partial charge in [-0.05, 0) is 6.42 Å². The number of methoxy groups -OCH3 is 1. The Labute approximate surface area is 109 Å². The Morgan fingerprint density at radius 1 is 1.56 bits per heavy atom. The third-order valence-electron chi connectivity index (χ3n) is 2.58. The fraction of sp³-hybridized carbons (Fsp3) is 0.417. The molecule has 2 rings (SSSR count). The predicted octanol–water partition coefficient (Wildman–Crippen LogP) is 1.82. The normalized spacial score (nSPS) is 10.6. The van der Waals surface area contributed by atoms with Crippen molar-refractivity contribution in [2.75, 3.05) is 7.11 Å². The Balaban J connectivity index is 2.26. The van der Waals surface area contributed by atoms with Gasteiger partial charge in [0.1, 0.15) is 5.01 Å². The highest BCUT2D eigenvalue weighted by Crippen LogP contribution is 2.26. The lowest BCUT2D eigenvalue weighted by atomic mass is 10.2. The molecule has 0 radical (unpaired) electrons. The number of hydrogen-bond acceptors (Lipinski definition) is 5. The minimum absolute atomic E-state index is 0.217. The van der Waals surface area contributed by atoms with E-state index in [-0.39, 0.29) is 12.4 Å². The lowest BCUT2D eigenvalue weighted by Gasteiger charge is -1.95. The average Bonchev–Trinajstić information content (AvgIpc) is 2.95. The van der Waals surface area contributed by atoms with Gasteiger partial charge in [0.05, 0.1) is 30.5 Å². The van der Waals surface area contributed by atoms with Gasteiger partial charge in [-0.2, -0.15) is 5.10 Å². The van der Waals surface area contributed by atoms with Crippen LogP contribution in [0.2, 0.25) is 0 Å². The van der Waals surface area contributed by atoms with Crippen molar-refractivity contribution in [3.05, 3.63) is 23.0 Å². The Hall–Kier alpha value is -1.69. The number of aryl methyl sites for hydroxylation is 2. The second-order valence-corrected chi connectivity index (χ2v) is 4.77. The van der Waals surface area contributed by atoms with Crippen LogP contribution in [0.5, 0.6) is 0 Å². The highest BCUT2D eigenvalue weighted by molar-refractivity contribution is 7.13. The van der Waals surface area contributed by atoms with Gasteiger partial charge in [0.15, 0.2) is 0 Å². The number of aromatic nitrogens is 3. The van der Waals surface area contributed by atoms with Gasteiger partial charge in [-0.1, -0.05) is 6.92 Å². The Bertz CT molecular complexity index is 559. The van der Waals surface area contributed by atoms with Gasteiger partial charge in [0, 0.05) is 18.6 Å². The number of thiazole rings is 1. The van der Waals surface area contributed by atoms with Gasteiger partial charge in [-0.25, -0.2) is 4.98 Å². The molecule has 0 saturated heterocycles. The number of rotatable bonds is 4. The predicted molar refractivity (Wildman–Crippen MR) is 69.4 cm³/mol. The van der Waals surface area contributed by atoms with E-state index in [9.17, 15) is 4.79 Å².